The molecule has 21 heavy (non-hydrogen) atoms. The lowest BCUT2D eigenvalue weighted by Crippen LogP contribution is -2.55. The van der Waals surface area contributed by atoms with Crippen molar-refractivity contribution in [3.05, 3.63) is 30.5 Å². The summed E-state index contributed by atoms with van der Waals surface area (Å²) in [6.45, 7) is 4.82. The summed E-state index contributed by atoms with van der Waals surface area (Å²) in [6, 6.07) is 1.06. The number of aromatic nitrogens is 1. The fourth-order valence-corrected chi connectivity index (χ4v) is 2.62. The molecule has 1 aromatic heterocycles. The molecule has 3 heterocycles. The van der Waals surface area contributed by atoms with Gasteiger partial charge < -0.3 is 15.1 Å². The van der Waals surface area contributed by atoms with Gasteiger partial charge in [0.05, 0.1) is 17.8 Å². The first-order valence-corrected chi connectivity index (χ1v) is 6.42. The highest BCUT2D eigenvalue weighted by Gasteiger charge is 2.38. The van der Waals surface area contributed by atoms with Gasteiger partial charge in [-0.15, -0.1) is 0 Å². The predicted octanol–water partition coefficient (Wildman–Crippen LogP) is 1.69. The summed E-state index contributed by atoms with van der Waals surface area (Å²) in [4.78, 5) is 19.0. The van der Waals surface area contributed by atoms with Crippen molar-refractivity contribution in [1.29, 1.82) is 0 Å². The number of alkyl halides is 3. The molecule has 0 aromatic carbocycles. The third-order valence-corrected chi connectivity index (χ3v) is 3.65. The number of nitrogens with zero attached hydrogens (tertiary/aromatic N) is 3. The first-order valence-electron chi connectivity index (χ1n) is 6.42. The van der Waals surface area contributed by atoms with E-state index in [-0.39, 0.29) is 12.1 Å². The second-order valence-electron chi connectivity index (χ2n) is 4.93. The van der Waals surface area contributed by atoms with E-state index in [1.165, 1.54) is 6.08 Å². The van der Waals surface area contributed by atoms with E-state index in [9.17, 15) is 18.0 Å². The van der Waals surface area contributed by atoms with Gasteiger partial charge in [-0.05, 0) is 12.1 Å². The number of pyridine rings is 1. The summed E-state index contributed by atoms with van der Waals surface area (Å²) in [6.07, 6.45) is -2.60. The first-order chi connectivity index (χ1) is 9.90. The van der Waals surface area contributed by atoms with Gasteiger partial charge in [-0.1, -0.05) is 6.58 Å². The Hall–Kier alpha value is -2.25. The van der Waals surface area contributed by atoms with Gasteiger partial charge >= 0.3 is 6.18 Å². The zero-order valence-electron chi connectivity index (χ0n) is 11.0. The molecule has 3 rings (SSSR count). The van der Waals surface area contributed by atoms with Crippen LogP contribution in [-0.4, -0.2) is 41.6 Å². The quantitative estimate of drug-likeness (QED) is 0.802. The standard InChI is InChI=1S/C13H13F3N4O/c1-2-11(21)19-3-4-20-10(7-19)18-9-5-8(13(14,15)16)6-17-12(9)20/h2,5-6,10,18H,1,3-4,7H2. The molecular weight excluding hydrogens is 285 g/mol. The third kappa shape index (κ3) is 2.30. The van der Waals surface area contributed by atoms with Crippen molar-refractivity contribution >= 4 is 17.4 Å². The van der Waals surface area contributed by atoms with E-state index in [0.717, 1.165) is 12.3 Å². The van der Waals surface area contributed by atoms with E-state index in [4.69, 9.17) is 0 Å². The number of amides is 1. The fourth-order valence-electron chi connectivity index (χ4n) is 2.62. The SMILES string of the molecule is C=CC(=O)N1CCN2c3ncc(C(F)(F)F)cc3NC2C1. The summed E-state index contributed by atoms with van der Waals surface area (Å²) in [5.41, 5.74) is -0.435. The number of halogens is 3. The molecular formula is C13H13F3N4O. The van der Waals surface area contributed by atoms with Gasteiger partial charge in [-0.2, -0.15) is 13.2 Å². The lowest BCUT2D eigenvalue weighted by atomic mass is 10.2. The van der Waals surface area contributed by atoms with Crippen LogP contribution < -0.4 is 10.2 Å². The Morgan fingerprint density at radius 3 is 2.90 bits per heavy atom. The smallest absolute Gasteiger partial charge is 0.361 e. The van der Waals surface area contributed by atoms with E-state index in [2.05, 4.69) is 16.9 Å². The van der Waals surface area contributed by atoms with Gasteiger partial charge in [0.15, 0.2) is 5.82 Å². The van der Waals surface area contributed by atoms with Crippen LogP contribution in [0.2, 0.25) is 0 Å². The Kier molecular flexibility index (Phi) is 3.03. The molecule has 1 atom stereocenters. The lowest BCUT2D eigenvalue weighted by molar-refractivity contribution is -0.137. The van der Waals surface area contributed by atoms with Crippen molar-refractivity contribution in [2.45, 2.75) is 12.3 Å². The van der Waals surface area contributed by atoms with E-state index in [0.29, 0.717) is 31.1 Å². The minimum absolute atomic E-state index is 0.184. The number of hydrogen-bond donors (Lipinski definition) is 1. The van der Waals surface area contributed by atoms with Crippen molar-refractivity contribution in [2.75, 3.05) is 29.9 Å². The van der Waals surface area contributed by atoms with Crippen LogP contribution in [0.5, 0.6) is 0 Å². The number of carbonyl (C=O) groups is 1. The maximum atomic E-state index is 12.7. The zero-order chi connectivity index (χ0) is 15.2. The van der Waals surface area contributed by atoms with Crippen LogP contribution in [0.1, 0.15) is 5.56 Å². The largest absolute Gasteiger partial charge is 0.417 e. The fraction of sp³-hybridized carbons (Fsp3) is 0.385. The third-order valence-electron chi connectivity index (χ3n) is 3.65. The van der Waals surface area contributed by atoms with Crippen LogP contribution >= 0.6 is 0 Å². The second-order valence-corrected chi connectivity index (χ2v) is 4.93. The molecule has 0 saturated carbocycles. The van der Waals surface area contributed by atoms with Crippen molar-refractivity contribution in [1.82, 2.24) is 9.88 Å². The number of piperazine rings is 1. The highest BCUT2D eigenvalue weighted by molar-refractivity contribution is 5.87. The van der Waals surface area contributed by atoms with Crippen LogP contribution in [0.25, 0.3) is 0 Å². The van der Waals surface area contributed by atoms with Gasteiger partial charge in [0.2, 0.25) is 5.91 Å². The molecule has 1 aromatic rings. The molecule has 8 heteroatoms. The van der Waals surface area contributed by atoms with E-state index < -0.39 is 11.7 Å². The van der Waals surface area contributed by atoms with Gasteiger partial charge in [-0.3, -0.25) is 4.79 Å². The second kappa shape index (κ2) is 4.64. The Balaban J connectivity index is 1.84. The number of carbonyl (C=O) groups excluding carboxylic acids is 1. The normalized spacial score (nSPS) is 20.6. The number of nitrogens with one attached hydrogen (secondary N) is 1. The molecule has 0 radical (unpaired) electrons. The van der Waals surface area contributed by atoms with E-state index >= 15 is 0 Å². The highest BCUT2D eigenvalue weighted by Crippen LogP contribution is 2.38. The van der Waals surface area contributed by atoms with Crippen molar-refractivity contribution in [2.24, 2.45) is 0 Å². The van der Waals surface area contributed by atoms with Crippen LogP contribution in [0.15, 0.2) is 24.9 Å². The molecule has 2 aliphatic heterocycles. The molecule has 0 aliphatic carbocycles. The Bertz CT molecular complexity index is 602. The zero-order valence-corrected chi connectivity index (χ0v) is 11.0. The Labute approximate surface area is 119 Å². The molecule has 1 amide bonds. The predicted molar refractivity (Wildman–Crippen MR) is 70.8 cm³/mol. The molecule has 0 bridgehead atoms. The minimum Gasteiger partial charge on any atom is -0.361 e. The molecule has 112 valence electrons. The number of anilines is 2. The number of fused-ring (bicyclic) bond motifs is 3. The van der Waals surface area contributed by atoms with Gasteiger partial charge in [0.1, 0.15) is 6.17 Å². The Morgan fingerprint density at radius 2 is 2.24 bits per heavy atom. The van der Waals surface area contributed by atoms with Crippen molar-refractivity contribution < 1.29 is 18.0 Å². The van der Waals surface area contributed by atoms with Crippen molar-refractivity contribution in [3.8, 4) is 0 Å². The number of hydrogen-bond acceptors (Lipinski definition) is 4. The monoisotopic (exact) mass is 298 g/mol. The van der Waals surface area contributed by atoms with Crippen LogP contribution in [0.4, 0.5) is 24.7 Å². The van der Waals surface area contributed by atoms with Gasteiger partial charge in [0.25, 0.3) is 0 Å². The summed E-state index contributed by atoms with van der Waals surface area (Å²) >= 11 is 0. The van der Waals surface area contributed by atoms with Gasteiger partial charge in [-0.25, -0.2) is 4.98 Å². The van der Waals surface area contributed by atoms with Crippen LogP contribution in [0, 0.1) is 0 Å². The molecule has 1 unspecified atom stereocenters. The van der Waals surface area contributed by atoms with Gasteiger partial charge in [0, 0.05) is 19.3 Å². The molecule has 1 N–H and O–H groups in total. The van der Waals surface area contributed by atoms with Crippen LogP contribution in [0.3, 0.4) is 0 Å². The Morgan fingerprint density at radius 1 is 1.48 bits per heavy atom. The first kappa shape index (κ1) is 13.7. The minimum atomic E-state index is -4.42. The summed E-state index contributed by atoms with van der Waals surface area (Å²) in [5, 5.41) is 2.99. The maximum Gasteiger partial charge on any atom is 0.417 e. The summed E-state index contributed by atoms with van der Waals surface area (Å²) < 4.78 is 38.1. The molecule has 0 spiro atoms. The van der Waals surface area contributed by atoms with Crippen molar-refractivity contribution in [3.63, 3.8) is 0 Å². The highest BCUT2D eigenvalue weighted by atomic mass is 19.4. The molecule has 5 nitrogen and oxygen atoms in total. The summed E-state index contributed by atoms with van der Waals surface area (Å²) in [7, 11) is 0. The lowest BCUT2D eigenvalue weighted by Gasteiger charge is -2.37. The number of rotatable bonds is 1. The average molecular weight is 298 g/mol. The molecule has 2 aliphatic rings. The molecule has 1 fully saturated rings. The topological polar surface area (TPSA) is 48.5 Å². The maximum absolute atomic E-state index is 12.7. The van der Waals surface area contributed by atoms with E-state index in [1.54, 1.807) is 4.90 Å². The van der Waals surface area contributed by atoms with E-state index in [1.807, 2.05) is 4.90 Å². The summed E-state index contributed by atoms with van der Waals surface area (Å²) in [5.74, 6) is 0.315. The van der Waals surface area contributed by atoms with Crippen LogP contribution in [-0.2, 0) is 11.0 Å². The average Bonchev–Trinajstić information content (AvgIpc) is 2.81. The molecule has 1 saturated heterocycles.